The van der Waals surface area contributed by atoms with E-state index in [2.05, 4.69) is 10.6 Å². The van der Waals surface area contributed by atoms with Crippen molar-refractivity contribution in [1.82, 2.24) is 10.6 Å². The van der Waals surface area contributed by atoms with Crippen LogP contribution in [0.4, 0.5) is 0 Å². The van der Waals surface area contributed by atoms with Crippen LogP contribution in [0.5, 0.6) is 0 Å². The Morgan fingerprint density at radius 2 is 1.88 bits per heavy atom. The Morgan fingerprint density at radius 3 is 2.41 bits per heavy atom. The largest absolute Gasteiger partial charge is 0.481 e. The molecule has 0 aromatic heterocycles. The molecule has 1 saturated carbocycles. The molecule has 96 valence electrons. The number of carboxylic acids is 1. The molecule has 0 saturated heterocycles. The highest BCUT2D eigenvalue weighted by atomic mass is 16.4. The molecule has 0 bridgehead atoms. The molecule has 2 atom stereocenters. The van der Waals surface area contributed by atoms with Gasteiger partial charge in [0.05, 0.1) is 11.8 Å². The Kier molecular flexibility index (Phi) is 4.93. The first kappa shape index (κ1) is 13.5. The molecule has 6 nitrogen and oxygen atoms in total. The molecule has 0 aromatic carbocycles. The third-order valence-electron chi connectivity index (χ3n) is 2.67. The van der Waals surface area contributed by atoms with Crippen molar-refractivity contribution in [3.8, 4) is 0 Å². The molecule has 1 aliphatic rings. The van der Waals surface area contributed by atoms with Gasteiger partial charge >= 0.3 is 5.97 Å². The van der Waals surface area contributed by atoms with Crippen molar-refractivity contribution in [1.29, 1.82) is 0 Å². The second kappa shape index (κ2) is 6.22. The quantitative estimate of drug-likeness (QED) is 0.573. The zero-order valence-electron chi connectivity index (χ0n) is 9.86. The second-order valence-corrected chi connectivity index (χ2v) is 4.18. The Bertz CT molecular complexity index is 317. The number of nitrogens with one attached hydrogen (secondary N) is 2. The highest BCUT2D eigenvalue weighted by molar-refractivity contribution is 5.89. The molecular weight excluding hydrogens is 224 g/mol. The number of hydrogen-bond donors (Lipinski definition) is 3. The lowest BCUT2D eigenvalue weighted by Crippen LogP contribution is -2.32. The summed E-state index contributed by atoms with van der Waals surface area (Å²) < 4.78 is 0. The van der Waals surface area contributed by atoms with Gasteiger partial charge in [0.1, 0.15) is 0 Å². The van der Waals surface area contributed by atoms with Gasteiger partial charge in [0.2, 0.25) is 11.8 Å². The van der Waals surface area contributed by atoms with E-state index < -0.39 is 17.8 Å². The molecule has 1 rings (SSSR count). The molecule has 0 spiro atoms. The van der Waals surface area contributed by atoms with Crippen LogP contribution in [-0.4, -0.2) is 36.0 Å². The van der Waals surface area contributed by atoms with E-state index in [-0.39, 0.29) is 24.8 Å². The van der Waals surface area contributed by atoms with Gasteiger partial charge < -0.3 is 15.7 Å². The topological polar surface area (TPSA) is 95.5 Å². The minimum Gasteiger partial charge on any atom is -0.481 e. The number of rotatable bonds is 7. The van der Waals surface area contributed by atoms with Crippen LogP contribution in [0.2, 0.25) is 0 Å². The van der Waals surface area contributed by atoms with Crippen LogP contribution in [0.25, 0.3) is 0 Å². The van der Waals surface area contributed by atoms with Crippen LogP contribution in [0.15, 0.2) is 0 Å². The lowest BCUT2D eigenvalue weighted by molar-refractivity contribution is -0.140. The summed E-state index contributed by atoms with van der Waals surface area (Å²) in [6.45, 7) is 2.86. The van der Waals surface area contributed by atoms with Crippen molar-refractivity contribution in [2.45, 2.75) is 26.2 Å². The first-order valence-corrected chi connectivity index (χ1v) is 5.83. The molecule has 0 aromatic rings. The summed E-state index contributed by atoms with van der Waals surface area (Å²) in [6.07, 6.45) is 1.51. The fraction of sp³-hybridized carbons (Fsp3) is 0.727. The molecule has 0 heterocycles. The Balaban J connectivity index is 2.09. The smallest absolute Gasteiger partial charge is 0.307 e. The maximum Gasteiger partial charge on any atom is 0.307 e. The van der Waals surface area contributed by atoms with Gasteiger partial charge in [-0.2, -0.15) is 0 Å². The lowest BCUT2D eigenvalue weighted by atomic mass is 10.3. The Hall–Kier alpha value is -1.59. The van der Waals surface area contributed by atoms with Gasteiger partial charge in [0.25, 0.3) is 0 Å². The van der Waals surface area contributed by atoms with E-state index in [9.17, 15) is 14.4 Å². The van der Waals surface area contributed by atoms with E-state index in [1.807, 2.05) is 6.92 Å². The standard InChI is InChI=1S/C11H18N2O4/c1-2-4-12-9(14)3-5-13-10(15)7-6-8(7)11(16)17/h7-8H,2-6H2,1H3,(H,12,14)(H,13,15)(H,16,17). The van der Waals surface area contributed by atoms with Gasteiger partial charge in [-0.25, -0.2) is 0 Å². The summed E-state index contributed by atoms with van der Waals surface area (Å²) in [5, 5.41) is 13.9. The predicted octanol–water partition coefficient (Wildman–Crippen LogP) is -0.260. The van der Waals surface area contributed by atoms with Gasteiger partial charge in [-0.1, -0.05) is 6.92 Å². The summed E-state index contributed by atoms with van der Waals surface area (Å²) >= 11 is 0. The number of aliphatic carboxylic acids is 1. The van der Waals surface area contributed by atoms with Crippen LogP contribution in [-0.2, 0) is 14.4 Å². The summed E-state index contributed by atoms with van der Waals surface area (Å²) in [4.78, 5) is 33.1. The Morgan fingerprint density at radius 1 is 1.18 bits per heavy atom. The minimum atomic E-state index is -0.925. The molecule has 17 heavy (non-hydrogen) atoms. The van der Waals surface area contributed by atoms with Crippen LogP contribution in [0.1, 0.15) is 26.2 Å². The van der Waals surface area contributed by atoms with E-state index >= 15 is 0 Å². The average molecular weight is 242 g/mol. The normalized spacial score (nSPS) is 21.7. The van der Waals surface area contributed by atoms with Gasteiger partial charge in [0.15, 0.2) is 0 Å². The van der Waals surface area contributed by atoms with Gasteiger partial charge in [-0.3, -0.25) is 14.4 Å². The van der Waals surface area contributed by atoms with E-state index in [4.69, 9.17) is 5.11 Å². The molecule has 6 heteroatoms. The first-order chi connectivity index (χ1) is 8.06. The summed E-state index contributed by atoms with van der Waals surface area (Å²) in [6, 6.07) is 0. The molecule has 3 N–H and O–H groups in total. The monoisotopic (exact) mass is 242 g/mol. The molecule has 1 fully saturated rings. The number of carbonyl (C=O) groups excluding carboxylic acids is 2. The highest BCUT2D eigenvalue weighted by Crippen LogP contribution is 2.38. The zero-order chi connectivity index (χ0) is 12.8. The SMILES string of the molecule is CCCNC(=O)CCNC(=O)C1CC1C(=O)O. The van der Waals surface area contributed by atoms with Crippen LogP contribution in [0, 0.1) is 11.8 Å². The molecule has 0 aliphatic heterocycles. The minimum absolute atomic E-state index is 0.0993. The predicted molar refractivity (Wildman–Crippen MR) is 60.2 cm³/mol. The third-order valence-corrected chi connectivity index (χ3v) is 2.67. The molecule has 0 radical (unpaired) electrons. The maximum absolute atomic E-state index is 11.4. The summed E-state index contributed by atoms with van der Waals surface area (Å²) in [7, 11) is 0. The van der Waals surface area contributed by atoms with E-state index in [0.29, 0.717) is 13.0 Å². The number of hydrogen-bond acceptors (Lipinski definition) is 3. The fourth-order valence-corrected chi connectivity index (χ4v) is 1.54. The van der Waals surface area contributed by atoms with Crippen LogP contribution >= 0.6 is 0 Å². The van der Waals surface area contributed by atoms with Crippen molar-refractivity contribution in [2.75, 3.05) is 13.1 Å². The lowest BCUT2D eigenvalue weighted by Gasteiger charge is -2.05. The zero-order valence-corrected chi connectivity index (χ0v) is 9.86. The van der Waals surface area contributed by atoms with Crippen molar-refractivity contribution < 1.29 is 19.5 Å². The van der Waals surface area contributed by atoms with Gasteiger partial charge in [-0.15, -0.1) is 0 Å². The molecule has 2 unspecified atom stereocenters. The average Bonchev–Trinajstić information content (AvgIpc) is 3.06. The van der Waals surface area contributed by atoms with E-state index in [1.54, 1.807) is 0 Å². The molecule has 1 aliphatic carbocycles. The molecular formula is C11H18N2O4. The number of amides is 2. The van der Waals surface area contributed by atoms with Gasteiger partial charge in [-0.05, 0) is 12.8 Å². The summed E-state index contributed by atoms with van der Waals surface area (Å²) in [5.74, 6) is -2.24. The fourth-order valence-electron chi connectivity index (χ4n) is 1.54. The van der Waals surface area contributed by atoms with Crippen LogP contribution in [0.3, 0.4) is 0 Å². The van der Waals surface area contributed by atoms with E-state index in [1.165, 1.54) is 0 Å². The number of carbonyl (C=O) groups is 3. The number of carboxylic acid groups (broad SMARTS) is 1. The van der Waals surface area contributed by atoms with E-state index in [0.717, 1.165) is 6.42 Å². The second-order valence-electron chi connectivity index (χ2n) is 4.18. The van der Waals surface area contributed by atoms with Crippen molar-refractivity contribution in [2.24, 2.45) is 11.8 Å². The third kappa shape index (κ3) is 4.42. The molecule has 2 amide bonds. The Labute approximate surface area is 99.8 Å². The van der Waals surface area contributed by atoms with Gasteiger partial charge in [0, 0.05) is 19.5 Å². The maximum atomic E-state index is 11.4. The van der Waals surface area contributed by atoms with Crippen molar-refractivity contribution in [3.63, 3.8) is 0 Å². The van der Waals surface area contributed by atoms with Crippen molar-refractivity contribution in [3.05, 3.63) is 0 Å². The van der Waals surface area contributed by atoms with Crippen LogP contribution < -0.4 is 10.6 Å². The highest BCUT2D eigenvalue weighted by Gasteiger charge is 2.48. The van der Waals surface area contributed by atoms with Crippen molar-refractivity contribution >= 4 is 17.8 Å². The first-order valence-electron chi connectivity index (χ1n) is 5.83. The summed E-state index contributed by atoms with van der Waals surface area (Å²) in [5.41, 5.74) is 0.